The van der Waals surface area contributed by atoms with Crippen molar-refractivity contribution in [3.05, 3.63) is 35.9 Å². The number of urea groups is 1. The molecule has 3 amide bonds. The molecule has 1 atom stereocenters. The van der Waals surface area contributed by atoms with E-state index in [1.165, 1.54) is 0 Å². The predicted molar refractivity (Wildman–Crippen MR) is 120 cm³/mol. The third-order valence-corrected chi connectivity index (χ3v) is 7.11. The highest BCUT2D eigenvalue weighted by atomic mass is 16.5. The second kappa shape index (κ2) is 9.57. The summed E-state index contributed by atoms with van der Waals surface area (Å²) in [6.07, 6.45) is 4.87. The molecule has 1 N–H and O–H groups in total. The molecule has 2 aliphatic heterocycles. The van der Waals surface area contributed by atoms with Crippen LogP contribution in [0, 0.1) is 0 Å². The Hall–Kier alpha value is -2.12. The first-order valence-electron chi connectivity index (χ1n) is 11.6. The first-order valence-corrected chi connectivity index (χ1v) is 11.6. The van der Waals surface area contributed by atoms with E-state index in [2.05, 4.69) is 22.3 Å². The molecule has 1 aliphatic carbocycles. The van der Waals surface area contributed by atoms with Gasteiger partial charge < -0.3 is 19.9 Å². The van der Waals surface area contributed by atoms with Gasteiger partial charge in [-0.1, -0.05) is 30.3 Å². The number of likely N-dealkylation sites (tertiary alicyclic amines) is 1. The van der Waals surface area contributed by atoms with Gasteiger partial charge in [0.2, 0.25) is 5.91 Å². The smallest absolute Gasteiger partial charge is 0.319 e. The maximum atomic E-state index is 13.0. The summed E-state index contributed by atoms with van der Waals surface area (Å²) < 4.78 is 5.58. The van der Waals surface area contributed by atoms with Crippen LogP contribution in [0.3, 0.4) is 0 Å². The van der Waals surface area contributed by atoms with Crippen molar-refractivity contribution in [1.29, 1.82) is 0 Å². The molecule has 31 heavy (non-hydrogen) atoms. The molecule has 0 spiro atoms. The molecule has 7 nitrogen and oxygen atoms in total. The van der Waals surface area contributed by atoms with Gasteiger partial charge >= 0.3 is 6.03 Å². The third kappa shape index (κ3) is 4.88. The van der Waals surface area contributed by atoms with Crippen molar-refractivity contribution in [1.82, 2.24) is 20.0 Å². The molecule has 3 aliphatic rings. The fourth-order valence-corrected chi connectivity index (χ4v) is 5.15. The second-order valence-corrected chi connectivity index (χ2v) is 9.35. The lowest BCUT2D eigenvalue weighted by Crippen LogP contribution is -2.51. The summed E-state index contributed by atoms with van der Waals surface area (Å²) in [5, 5.41) is 3.23. The average Bonchev–Trinajstić information content (AvgIpc) is 3.48. The molecule has 0 radical (unpaired) electrons. The SMILES string of the molecule is CN(C)C(=O)N1CCC(N(CCNC(=O)C2(c3ccccc3)CC2)C2CCOCC2)C1. The van der Waals surface area contributed by atoms with Gasteiger partial charge in [0.25, 0.3) is 0 Å². The summed E-state index contributed by atoms with van der Waals surface area (Å²) in [6, 6.07) is 11.0. The van der Waals surface area contributed by atoms with E-state index in [0.717, 1.165) is 70.5 Å². The molecule has 1 aromatic carbocycles. The number of rotatable bonds is 7. The van der Waals surface area contributed by atoms with Gasteiger partial charge in [0, 0.05) is 65.6 Å². The van der Waals surface area contributed by atoms with Crippen LogP contribution in [0.1, 0.15) is 37.7 Å². The Kier molecular flexibility index (Phi) is 6.82. The lowest BCUT2D eigenvalue weighted by molar-refractivity contribution is -0.123. The molecule has 1 aromatic rings. The van der Waals surface area contributed by atoms with Gasteiger partial charge in [-0.2, -0.15) is 0 Å². The summed E-state index contributed by atoms with van der Waals surface area (Å²) in [4.78, 5) is 31.6. The maximum absolute atomic E-state index is 13.0. The van der Waals surface area contributed by atoms with Crippen molar-refractivity contribution in [2.24, 2.45) is 0 Å². The van der Waals surface area contributed by atoms with Crippen molar-refractivity contribution in [2.45, 2.75) is 49.6 Å². The molecule has 170 valence electrons. The highest BCUT2D eigenvalue weighted by Gasteiger charge is 2.51. The molecule has 2 saturated heterocycles. The predicted octanol–water partition coefficient (Wildman–Crippen LogP) is 2.07. The quantitative estimate of drug-likeness (QED) is 0.722. The van der Waals surface area contributed by atoms with Crippen molar-refractivity contribution >= 4 is 11.9 Å². The summed E-state index contributed by atoms with van der Waals surface area (Å²) in [6.45, 7) is 4.59. The first-order chi connectivity index (χ1) is 15.0. The van der Waals surface area contributed by atoms with Gasteiger partial charge in [0.15, 0.2) is 0 Å². The number of hydrogen-bond acceptors (Lipinski definition) is 4. The summed E-state index contributed by atoms with van der Waals surface area (Å²) in [5.41, 5.74) is 0.801. The maximum Gasteiger partial charge on any atom is 0.319 e. The molecule has 3 fully saturated rings. The van der Waals surface area contributed by atoms with E-state index in [1.807, 2.05) is 37.2 Å². The summed E-state index contributed by atoms with van der Waals surface area (Å²) in [7, 11) is 3.61. The number of carbonyl (C=O) groups is 2. The Bertz CT molecular complexity index is 759. The monoisotopic (exact) mass is 428 g/mol. The summed E-state index contributed by atoms with van der Waals surface area (Å²) in [5.74, 6) is 0.154. The highest BCUT2D eigenvalue weighted by Crippen LogP contribution is 2.48. The van der Waals surface area contributed by atoms with Crippen LogP contribution in [-0.2, 0) is 14.9 Å². The topological polar surface area (TPSA) is 65.1 Å². The van der Waals surface area contributed by atoms with Gasteiger partial charge in [0.1, 0.15) is 0 Å². The molecular weight excluding hydrogens is 392 g/mol. The fourth-order valence-electron chi connectivity index (χ4n) is 5.15. The molecule has 0 aromatic heterocycles. The van der Waals surface area contributed by atoms with Gasteiger partial charge in [-0.3, -0.25) is 9.69 Å². The standard InChI is InChI=1S/C24H36N4O3/c1-26(2)23(30)27-14-8-21(18-27)28(20-9-16-31-17-10-20)15-13-25-22(29)24(11-12-24)19-6-4-3-5-7-19/h3-7,20-21H,8-18H2,1-2H3,(H,25,29). The second-order valence-electron chi connectivity index (χ2n) is 9.35. The third-order valence-electron chi connectivity index (χ3n) is 7.11. The molecule has 0 bridgehead atoms. The minimum absolute atomic E-state index is 0.0845. The normalized spacial score (nSPS) is 23.1. The lowest BCUT2D eigenvalue weighted by atomic mass is 9.95. The van der Waals surface area contributed by atoms with Crippen LogP contribution in [0.25, 0.3) is 0 Å². The van der Waals surface area contributed by atoms with Crippen LogP contribution in [0.5, 0.6) is 0 Å². The number of nitrogens with zero attached hydrogens (tertiary/aromatic N) is 3. The number of benzene rings is 1. The van der Waals surface area contributed by atoms with E-state index in [-0.39, 0.29) is 17.4 Å². The number of nitrogens with one attached hydrogen (secondary N) is 1. The van der Waals surface area contributed by atoms with Crippen molar-refractivity contribution in [3.8, 4) is 0 Å². The van der Waals surface area contributed by atoms with Gasteiger partial charge in [-0.15, -0.1) is 0 Å². The Morgan fingerprint density at radius 2 is 1.81 bits per heavy atom. The Morgan fingerprint density at radius 3 is 2.45 bits per heavy atom. The largest absolute Gasteiger partial charge is 0.381 e. The van der Waals surface area contributed by atoms with Crippen LogP contribution in [0.15, 0.2) is 30.3 Å². The number of amides is 3. The van der Waals surface area contributed by atoms with Crippen LogP contribution >= 0.6 is 0 Å². The van der Waals surface area contributed by atoms with E-state index in [4.69, 9.17) is 4.74 Å². The van der Waals surface area contributed by atoms with Crippen molar-refractivity contribution in [2.75, 3.05) is 53.5 Å². The number of hydrogen-bond donors (Lipinski definition) is 1. The fraction of sp³-hybridized carbons (Fsp3) is 0.667. The Balaban J connectivity index is 1.36. The minimum Gasteiger partial charge on any atom is -0.381 e. The van der Waals surface area contributed by atoms with Gasteiger partial charge in [-0.25, -0.2) is 4.79 Å². The zero-order valence-electron chi connectivity index (χ0n) is 18.9. The average molecular weight is 429 g/mol. The molecular formula is C24H36N4O3. The van der Waals surface area contributed by atoms with E-state index in [0.29, 0.717) is 18.6 Å². The van der Waals surface area contributed by atoms with E-state index < -0.39 is 0 Å². The lowest BCUT2D eigenvalue weighted by Gasteiger charge is -2.38. The van der Waals surface area contributed by atoms with Crippen LogP contribution in [0.2, 0.25) is 0 Å². The number of carbonyl (C=O) groups excluding carboxylic acids is 2. The molecule has 1 unspecified atom stereocenters. The zero-order valence-corrected chi connectivity index (χ0v) is 18.9. The molecule has 2 heterocycles. The van der Waals surface area contributed by atoms with Crippen LogP contribution < -0.4 is 5.32 Å². The molecule has 1 saturated carbocycles. The number of ether oxygens (including phenoxy) is 1. The zero-order chi connectivity index (χ0) is 21.8. The molecule has 4 rings (SSSR count). The summed E-state index contributed by atoms with van der Waals surface area (Å²) >= 11 is 0. The first kappa shape index (κ1) is 22.1. The Labute approximate surface area is 185 Å². The van der Waals surface area contributed by atoms with Crippen molar-refractivity contribution < 1.29 is 14.3 Å². The van der Waals surface area contributed by atoms with E-state index in [1.54, 1.807) is 4.90 Å². The van der Waals surface area contributed by atoms with Crippen molar-refractivity contribution in [3.63, 3.8) is 0 Å². The van der Waals surface area contributed by atoms with Gasteiger partial charge in [0.05, 0.1) is 5.41 Å². The van der Waals surface area contributed by atoms with Crippen LogP contribution in [0.4, 0.5) is 4.79 Å². The minimum atomic E-state index is -0.326. The van der Waals surface area contributed by atoms with E-state index >= 15 is 0 Å². The highest BCUT2D eigenvalue weighted by molar-refractivity contribution is 5.91. The van der Waals surface area contributed by atoms with Crippen LogP contribution in [-0.4, -0.2) is 92.2 Å². The van der Waals surface area contributed by atoms with E-state index in [9.17, 15) is 9.59 Å². The Morgan fingerprint density at radius 1 is 1.10 bits per heavy atom. The van der Waals surface area contributed by atoms with Gasteiger partial charge in [-0.05, 0) is 37.7 Å². The molecule has 7 heteroatoms.